The van der Waals surface area contributed by atoms with Crippen LogP contribution < -0.4 is 17.1 Å². The Labute approximate surface area is 134 Å². The smallest absolute Gasteiger partial charge is 0.362 e. The molecule has 0 amide bonds. The summed E-state index contributed by atoms with van der Waals surface area (Å²) < 4.78 is 15.7. The van der Waals surface area contributed by atoms with E-state index in [2.05, 4.69) is 9.82 Å². The van der Waals surface area contributed by atoms with Gasteiger partial charge in [-0.05, 0) is 26.7 Å². The van der Waals surface area contributed by atoms with Crippen molar-refractivity contribution in [3.05, 3.63) is 32.5 Å². The van der Waals surface area contributed by atoms with Crippen LogP contribution in [0.15, 0.2) is 4.79 Å². The Kier molecular flexibility index (Phi) is 3.35. The minimum absolute atomic E-state index is 0.143. The fourth-order valence-electron chi connectivity index (χ4n) is 3.12. The third-order valence-electron chi connectivity index (χ3n) is 4.23. The first-order valence-electron chi connectivity index (χ1n) is 6.84. The summed E-state index contributed by atoms with van der Waals surface area (Å²) in [5, 5.41) is -0.632. The van der Waals surface area contributed by atoms with E-state index >= 15 is 0 Å². The molecule has 1 aliphatic rings. The number of hydrogen-bond acceptors (Lipinski definition) is 6. The van der Waals surface area contributed by atoms with Crippen LogP contribution in [0.5, 0.6) is 0 Å². The number of carbonyl (C=O) groups is 1. The number of pyridine rings is 2. The normalized spacial score (nSPS) is 15.7. The van der Waals surface area contributed by atoms with E-state index in [-0.39, 0.29) is 16.6 Å². The van der Waals surface area contributed by atoms with Gasteiger partial charge in [0.1, 0.15) is 11.2 Å². The Bertz CT molecular complexity index is 923. The fourth-order valence-corrected chi connectivity index (χ4v) is 3.30. The van der Waals surface area contributed by atoms with Gasteiger partial charge in [0.05, 0.1) is 11.1 Å². The van der Waals surface area contributed by atoms with E-state index in [1.807, 2.05) is 13.8 Å². The largest absolute Gasteiger partial charge is 0.396 e. The molecule has 0 aromatic carbocycles. The van der Waals surface area contributed by atoms with Crippen LogP contribution in [0.4, 0.5) is 10.1 Å². The average Bonchev–Trinajstić information content (AvgIpc) is 2.80. The van der Waals surface area contributed by atoms with Crippen molar-refractivity contribution in [3.8, 4) is 0 Å². The Hall–Kier alpha value is -2.19. The number of nitrogens with two attached hydrogens (primary N) is 2. The van der Waals surface area contributed by atoms with Crippen LogP contribution in [-0.4, -0.2) is 15.5 Å². The van der Waals surface area contributed by atoms with Gasteiger partial charge >= 0.3 is 5.97 Å². The molecule has 9 heteroatoms. The summed E-state index contributed by atoms with van der Waals surface area (Å²) in [4.78, 5) is 32.9. The second-order valence-corrected chi connectivity index (χ2v) is 6.39. The Morgan fingerprint density at radius 1 is 1.48 bits per heavy atom. The lowest BCUT2D eigenvalue weighted by Crippen LogP contribution is -2.30. The summed E-state index contributed by atoms with van der Waals surface area (Å²) in [7, 11) is 0. The molecule has 0 atom stereocenters. The van der Waals surface area contributed by atoms with Crippen LogP contribution in [-0.2, 0) is 16.8 Å². The lowest BCUT2D eigenvalue weighted by atomic mass is 10.0. The highest BCUT2D eigenvalue weighted by molar-refractivity contribution is 6.30. The van der Waals surface area contributed by atoms with Crippen LogP contribution in [0, 0.1) is 5.82 Å². The van der Waals surface area contributed by atoms with E-state index in [0.717, 1.165) is 0 Å². The molecule has 0 saturated heterocycles. The zero-order valence-corrected chi connectivity index (χ0v) is 13.2. The third kappa shape index (κ3) is 2.02. The average molecular weight is 341 g/mol. The number of rotatable bonds is 1. The van der Waals surface area contributed by atoms with Crippen LogP contribution in [0.2, 0.25) is 5.15 Å². The van der Waals surface area contributed by atoms with Crippen molar-refractivity contribution in [1.82, 2.24) is 9.55 Å². The van der Waals surface area contributed by atoms with Gasteiger partial charge in [0.2, 0.25) is 5.43 Å². The number of nitrogen functional groups attached to an aromatic ring is 1. The van der Waals surface area contributed by atoms with Crippen LogP contribution in [0.1, 0.15) is 36.3 Å². The van der Waals surface area contributed by atoms with Gasteiger partial charge < -0.3 is 15.1 Å². The summed E-state index contributed by atoms with van der Waals surface area (Å²) in [6, 6.07) is 0. The first kappa shape index (κ1) is 15.7. The van der Waals surface area contributed by atoms with Crippen molar-refractivity contribution >= 4 is 34.3 Å². The van der Waals surface area contributed by atoms with E-state index in [1.54, 1.807) is 4.57 Å². The van der Waals surface area contributed by atoms with Crippen molar-refractivity contribution in [3.63, 3.8) is 0 Å². The maximum atomic E-state index is 14.0. The van der Waals surface area contributed by atoms with E-state index in [0.29, 0.717) is 18.5 Å². The lowest BCUT2D eigenvalue weighted by Gasteiger charge is -2.25. The lowest BCUT2D eigenvalue weighted by molar-refractivity contribution is 0.0500. The minimum atomic E-state index is -1.00. The van der Waals surface area contributed by atoms with Gasteiger partial charge in [0, 0.05) is 11.2 Å². The number of aromatic nitrogens is 2. The fraction of sp³-hybridized carbons (Fsp3) is 0.357. The summed E-state index contributed by atoms with van der Waals surface area (Å²) in [5.74, 6) is 2.94. The van der Waals surface area contributed by atoms with Crippen LogP contribution >= 0.6 is 11.6 Å². The Morgan fingerprint density at radius 2 is 2.13 bits per heavy atom. The number of carbonyl (C=O) groups excluding carboxylic acids is 1. The first-order chi connectivity index (χ1) is 10.7. The third-order valence-corrected chi connectivity index (χ3v) is 4.48. The molecule has 0 bridgehead atoms. The van der Waals surface area contributed by atoms with Crippen molar-refractivity contribution in [1.29, 1.82) is 0 Å². The van der Waals surface area contributed by atoms with Gasteiger partial charge in [-0.15, -0.1) is 0 Å². The van der Waals surface area contributed by atoms with Crippen molar-refractivity contribution in [2.75, 3.05) is 5.73 Å². The predicted octanol–water partition coefficient (Wildman–Crippen LogP) is 1.48. The predicted molar refractivity (Wildman–Crippen MR) is 82.6 cm³/mol. The summed E-state index contributed by atoms with van der Waals surface area (Å²) in [6.45, 7) is 3.81. The molecule has 0 spiro atoms. The summed E-state index contributed by atoms with van der Waals surface area (Å²) in [6.07, 6.45) is 1.09. The van der Waals surface area contributed by atoms with Crippen LogP contribution in [0.25, 0.3) is 11.0 Å². The highest BCUT2D eigenvalue weighted by Gasteiger charge is 2.37. The standard InChI is InChI=1S/C14H14ClFN4O3/c1-14(2)4-3-5-6(13(22)23-18)10(21)7-9(17)8(16)11(15)19-12(7)20(5)14/h3-4,18H2,1-2H3,(H2,17,19). The maximum absolute atomic E-state index is 14.0. The number of fused-ring (bicyclic) bond motifs is 3. The molecule has 23 heavy (non-hydrogen) atoms. The van der Waals surface area contributed by atoms with Crippen molar-refractivity contribution in [2.24, 2.45) is 5.90 Å². The minimum Gasteiger partial charge on any atom is -0.396 e. The molecular formula is C14H14ClFN4O3. The van der Waals surface area contributed by atoms with Crippen molar-refractivity contribution in [2.45, 2.75) is 32.2 Å². The summed E-state index contributed by atoms with van der Waals surface area (Å²) >= 11 is 5.78. The number of nitrogens with zero attached hydrogens (tertiary/aromatic N) is 2. The Balaban J connectivity index is 2.62. The molecule has 7 nitrogen and oxygen atoms in total. The molecule has 0 aliphatic carbocycles. The molecule has 0 radical (unpaired) electrons. The molecule has 122 valence electrons. The molecule has 0 saturated carbocycles. The van der Waals surface area contributed by atoms with E-state index < -0.39 is 33.6 Å². The zero-order valence-electron chi connectivity index (χ0n) is 12.4. The SMILES string of the molecule is CC1(C)CCc2c(C(=O)ON)c(=O)c3c(N)c(F)c(Cl)nc3n21. The maximum Gasteiger partial charge on any atom is 0.362 e. The van der Waals surface area contributed by atoms with E-state index in [9.17, 15) is 14.0 Å². The topological polar surface area (TPSA) is 113 Å². The van der Waals surface area contributed by atoms with Gasteiger partial charge in [-0.1, -0.05) is 11.6 Å². The number of halogens is 2. The van der Waals surface area contributed by atoms with Gasteiger partial charge in [-0.3, -0.25) is 4.79 Å². The highest BCUT2D eigenvalue weighted by Crippen LogP contribution is 2.37. The summed E-state index contributed by atoms with van der Waals surface area (Å²) in [5.41, 5.74) is 4.36. The molecule has 2 aromatic rings. The highest BCUT2D eigenvalue weighted by atomic mass is 35.5. The molecule has 4 N–H and O–H groups in total. The van der Waals surface area contributed by atoms with Crippen LogP contribution in [0.3, 0.4) is 0 Å². The molecule has 3 rings (SSSR count). The van der Waals surface area contributed by atoms with E-state index in [4.69, 9.17) is 23.2 Å². The van der Waals surface area contributed by atoms with Gasteiger partial charge in [-0.2, -0.15) is 5.90 Å². The first-order valence-corrected chi connectivity index (χ1v) is 7.22. The number of hydrogen-bond donors (Lipinski definition) is 2. The van der Waals surface area contributed by atoms with Gasteiger partial charge in [0.25, 0.3) is 0 Å². The number of anilines is 1. The van der Waals surface area contributed by atoms with Gasteiger partial charge in [-0.25, -0.2) is 14.2 Å². The molecule has 2 aromatic heterocycles. The Morgan fingerprint density at radius 3 is 2.74 bits per heavy atom. The molecule has 3 heterocycles. The zero-order chi connectivity index (χ0) is 17.1. The van der Waals surface area contributed by atoms with Crippen molar-refractivity contribution < 1.29 is 14.0 Å². The monoisotopic (exact) mass is 340 g/mol. The molecule has 0 fully saturated rings. The van der Waals surface area contributed by atoms with Gasteiger partial charge in [0.15, 0.2) is 11.0 Å². The quantitative estimate of drug-likeness (QED) is 0.600. The molecule has 0 unspecified atom stereocenters. The molecule has 1 aliphatic heterocycles. The second kappa shape index (κ2) is 4.90. The molecular weight excluding hydrogens is 327 g/mol. The van der Waals surface area contributed by atoms with E-state index in [1.165, 1.54) is 0 Å². The second-order valence-electron chi connectivity index (χ2n) is 6.03.